The van der Waals surface area contributed by atoms with Crippen LogP contribution in [0.3, 0.4) is 0 Å². The number of ether oxygens (including phenoxy) is 1. The monoisotopic (exact) mass is 386 g/mol. The van der Waals surface area contributed by atoms with Crippen LogP contribution in [0.2, 0.25) is 0 Å². The topological polar surface area (TPSA) is 70.1 Å². The van der Waals surface area contributed by atoms with Crippen molar-refractivity contribution in [1.82, 2.24) is 9.80 Å². The lowest BCUT2D eigenvalue weighted by Crippen LogP contribution is -2.38. The molecule has 0 spiro atoms. The van der Waals surface area contributed by atoms with E-state index in [0.29, 0.717) is 32.0 Å². The minimum absolute atomic E-state index is 0.00724. The second kappa shape index (κ2) is 6.88. The Bertz CT molecular complexity index is 907. The van der Waals surface area contributed by atoms with E-state index < -0.39 is 0 Å². The predicted octanol–water partition coefficient (Wildman–Crippen LogP) is 2.63. The highest BCUT2D eigenvalue weighted by Crippen LogP contribution is 2.39. The average Bonchev–Trinajstić information content (AvgIpc) is 3.13. The molecule has 6 nitrogen and oxygen atoms in total. The van der Waals surface area contributed by atoms with Gasteiger partial charge in [-0.25, -0.2) is 0 Å². The van der Waals surface area contributed by atoms with Crippen molar-refractivity contribution >= 4 is 23.2 Å². The lowest BCUT2D eigenvalue weighted by molar-refractivity contribution is -0.136. The van der Waals surface area contributed by atoms with Gasteiger partial charge in [-0.3, -0.25) is 9.59 Å². The summed E-state index contributed by atoms with van der Waals surface area (Å²) in [5.74, 6) is 0.218. The quantitative estimate of drug-likeness (QED) is 0.861. The van der Waals surface area contributed by atoms with E-state index in [1.54, 1.807) is 34.3 Å². The standard InChI is InChI=1S/C20H22N2O4S/c1-12-3-4-17(27-12)13-7-14-11-22(5-6-26-19(14)16(23)8-13)20(25)15-9-18(24)21(2)10-15/h3-4,7-8,15,23H,5-6,9-11H2,1-2H3/t15-/m0/s1. The fraction of sp³-hybridized carbons (Fsp3) is 0.400. The number of aryl methyl sites for hydroxylation is 1. The number of rotatable bonds is 2. The summed E-state index contributed by atoms with van der Waals surface area (Å²) in [6.45, 7) is 3.63. The SMILES string of the molecule is Cc1ccc(-c2cc(O)c3c(c2)CN(C(=O)[C@H]2CC(=O)N(C)C2)CCO3)s1. The van der Waals surface area contributed by atoms with Crippen LogP contribution in [-0.2, 0) is 16.1 Å². The highest BCUT2D eigenvalue weighted by Gasteiger charge is 2.35. The molecule has 1 N–H and O–H groups in total. The summed E-state index contributed by atoms with van der Waals surface area (Å²) in [6, 6.07) is 7.77. The summed E-state index contributed by atoms with van der Waals surface area (Å²) < 4.78 is 5.74. The molecule has 2 amide bonds. The Labute approximate surface area is 162 Å². The maximum atomic E-state index is 12.9. The molecule has 3 heterocycles. The number of phenols is 1. The Hall–Kier alpha value is -2.54. The molecule has 142 valence electrons. The molecule has 1 aromatic carbocycles. The maximum Gasteiger partial charge on any atom is 0.228 e. The van der Waals surface area contributed by atoms with Crippen molar-refractivity contribution in [2.24, 2.45) is 5.92 Å². The van der Waals surface area contributed by atoms with Gasteiger partial charge in [-0.05, 0) is 36.8 Å². The fourth-order valence-corrected chi connectivity index (χ4v) is 4.56. The first kappa shape index (κ1) is 17.9. The van der Waals surface area contributed by atoms with Gasteiger partial charge in [0.25, 0.3) is 0 Å². The number of hydrogen-bond donors (Lipinski definition) is 1. The fourth-order valence-electron chi connectivity index (χ4n) is 3.71. The van der Waals surface area contributed by atoms with E-state index >= 15 is 0 Å². The van der Waals surface area contributed by atoms with Crippen molar-refractivity contribution in [2.75, 3.05) is 26.7 Å². The highest BCUT2D eigenvalue weighted by molar-refractivity contribution is 7.15. The van der Waals surface area contributed by atoms with Crippen LogP contribution < -0.4 is 4.74 Å². The lowest BCUT2D eigenvalue weighted by atomic mass is 10.0. The number of phenolic OH excluding ortho intramolecular Hbond substituents is 1. The zero-order chi connectivity index (χ0) is 19.1. The van der Waals surface area contributed by atoms with Gasteiger partial charge in [-0.1, -0.05) is 0 Å². The summed E-state index contributed by atoms with van der Waals surface area (Å²) >= 11 is 1.66. The third kappa shape index (κ3) is 3.39. The predicted molar refractivity (Wildman–Crippen MR) is 103 cm³/mol. The van der Waals surface area contributed by atoms with Crippen LogP contribution in [0.15, 0.2) is 24.3 Å². The number of hydrogen-bond acceptors (Lipinski definition) is 5. The van der Waals surface area contributed by atoms with Gasteiger partial charge in [0.05, 0.1) is 12.5 Å². The molecule has 7 heteroatoms. The Morgan fingerprint density at radius 3 is 2.81 bits per heavy atom. The Kier molecular flexibility index (Phi) is 4.55. The zero-order valence-electron chi connectivity index (χ0n) is 15.4. The van der Waals surface area contributed by atoms with Crippen LogP contribution in [0.4, 0.5) is 0 Å². The summed E-state index contributed by atoms with van der Waals surface area (Å²) in [6.07, 6.45) is 0.263. The van der Waals surface area contributed by atoms with E-state index in [1.807, 2.05) is 25.1 Å². The van der Waals surface area contributed by atoms with Crippen molar-refractivity contribution < 1.29 is 19.4 Å². The largest absolute Gasteiger partial charge is 0.504 e. The molecule has 0 bridgehead atoms. The molecule has 0 radical (unpaired) electrons. The van der Waals surface area contributed by atoms with Crippen LogP contribution in [0.5, 0.6) is 11.5 Å². The molecule has 1 saturated heterocycles. The van der Waals surface area contributed by atoms with E-state index in [1.165, 1.54) is 4.88 Å². The van der Waals surface area contributed by atoms with Gasteiger partial charge in [0.15, 0.2) is 11.5 Å². The molecule has 0 saturated carbocycles. The second-order valence-corrected chi connectivity index (χ2v) is 8.47. The van der Waals surface area contributed by atoms with Crippen molar-refractivity contribution in [3.05, 3.63) is 34.7 Å². The van der Waals surface area contributed by atoms with Crippen LogP contribution in [0.1, 0.15) is 16.9 Å². The number of carbonyl (C=O) groups excluding carboxylic acids is 2. The van der Waals surface area contributed by atoms with Gasteiger partial charge in [-0.15, -0.1) is 11.3 Å². The first-order chi connectivity index (χ1) is 12.9. The average molecular weight is 386 g/mol. The number of thiophene rings is 1. The van der Waals surface area contributed by atoms with E-state index in [9.17, 15) is 14.7 Å². The molecular weight excluding hydrogens is 364 g/mol. The van der Waals surface area contributed by atoms with Crippen molar-refractivity contribution in [3.63, 3.8) is 0 Å². The molecule has 1 fully saturated rings. The molecule has 0 aliphatic carbocycles. The highest BCUT2D eigenvalue weighted by atomic mass is 32.1. The van der Waals surface area contributed by atoms with Gasteiger partial charge in [-0.2, -0.15) is 0 Å². The van der Waals surface area contributed by atoms with Crippen molar-refractivity contribution in [1.29, 1.82) is 0 Å². The molecule has 2 aliphatic rings. The van der Waals surface area contributed by atoms with Crippen molar-refractivity contribution in [3.8, 4) is 21.9 Å². The molecule has 1 atom stereocenters. The number of amides is 2. The molecule has 27 heavy (non-hydrogen) atoms. The van der Waals surface area contributed by atoms with Gasteiger partial charge in [0.2, 0.25) is 11.8 Å². The minimum atomic E-state index is -0.305. The van der Waals surface area contributed by atoms with E-state index in [-0.39, 0.29) is 29.9 Å². The number of nitrogens with zero attached hydrogens (tertiary/aromatic N) is 2. The minimum Gasteiger partial charge on any atom is -0.504 e. The number of carbonyl (C=O) groups is 2. The van der Waals surface area contributed by atoms with Crippen molar-refractivity contribution in [2.45, 2.75) is 19.9 Å². The van der Waals surface area contributed by atoms with Gasteiger partial charge < -0.3 is 19.6 Å². The molecule has 1 aromatic heterocycles. The van der Waals surface area contributed by atoms with Gasteiger partial charge in [0.1, 0.15) is 6.61 Å². The third-order valence-corrected chi connectivity index (χ3v) is 6.19. The first-order valence-electron chi connectivity index (χ1n) is 9.00. The van der Waals surface area contributed by atoms with E-state index in [4.69, 9.17) is 4.74 Å². The molecular formula is C20H22N2O4S. The number of benzene rings is 1. The van der Waals surface area contributed by atoms with Crippen LogP contribution >= 0.6 is 11.3 Å². The summed E-state index contributed by atoms with van der Waals surface area (Å²) in [7, 11) is 1.73. The van der Waals surface area contributed by atoms with Crippen LogP contribution in [0.25, 0.3) is 10.4 Å². The lowest BCUT2D eigenvalue weighted by Gasteiger charge is -2.23. The summed E-state index contributed by atoms with van der Waals surface area (Å²) in [4.78, 5) is 30.3. The molecule has 2 aliphatic heterocycles. The number of aromatic hydroxyl groups is 1. The molecule has 0 unspecified atom stereocenters. The summed E-state index contributed by atoms with van der Waals surface area (Å²) in [5, 5.41) is 10.5. The Morgan fingerprint density at radius 1 is 1.33 bits per heavy atom. The normalized spacial score (nSPS) is 19.6. The molecule has 4 rings (SSSR count). The van der Waals surface area contributed by atoms with Crippen LogP contribution in [-0.4, -0.2) is 53.5 Å². The van der Waals surface area contributed by atoms with E-state index in [2.05, 4.69) is 0 Å². The number of likely N-dealkylation sites (tertiary alicyclic amines) is 1. The first-order valence-corrected chi connectivity index (χ1v) is 9.82. The van der Waals surface area contributed by atoms with Gasteiger partial charge in [0, 0.05) is 41.9 Å². The second-order valence-electron chi connectivity index (χ2n) is 7.18. The van der Waals surface area contributed by atoms with E-state index in [0.717, 1.165) is 16.0 Å². The molecule has 2 aromatic rings. The number of fused-ring (bicyclic) bond motifs is 1. The Morgan fingerprint density at radius 2 is 2.15 bits per heavy atom. The van der Waals surface area contributed by atoms with Gasteiger partial charge >= 0.3 is 0 Å². The smallest absolute Gasteiger partial charge is 0.228 e. The van der Waals surface area contributed by atoms with Crippen LogP contribution in [0, 0.1) is 12.8 Å². The summed E-state index contributed by atoms with van der Waals surface area (Å²) in [5.41, 5.74) is 1.71. The zero-order valence-corrected chi connectivity index (χ0v) is 16.2. The Balaban J connectivity index is 1.62. The third-order valence-electron chi connectivity index (χ3n) is 5.14. The maximum absolute atomic E-state index is 12.9.